The number of ether oxygens (including phenoxy) is 1. The average molecular weight is 256 g/mol. The minimum absolute atomic E-state index is 0.614. The summed E-state index contributed by atoms with van der Waals surface area (Å²) in [5.74, 6) is -0.614. The van der Waals surface area contributed by atoms with Gasteiger partial charge in [-0.1, -0.05) is 0 Å². The zero-order chi connectivity index (χ0) is 13.6. The SMILES string of the molecule is CC(=O)OC(=O)n1cc[n+](C)c1.F[B-](F)(F)F. The van der Waals surface area contributed by atoms with Gasteiger partial charge in [-0.3, -0.25) is 4.79 Å². The van der Waals surface area contributed by atoms with E-state index in [1.165, 1.54) is 24.0 Å². The summed E-state index contributed by atoms with van der Waals surface area (Å²) in [6.07, 6.45) is 3.99. The highest BCUT2D eigenvalue weighted by atomic mass is 19.5. The van der Waals surface area contributed by atoms with Crippen molar-refractivity contribution in [2.45, 2.75) is 6.92 Å². The van der Waals surface area contributed by atoms with E-state index in [0.717, 1.165) is 0 Å². The van der Waals surface area contributed by atoms with E-state index >= 15 is 0 Å². The largest absolute Gasteiger partial charge is 0.673 e. The van der Waals surface area contributed by atoms with E-state index in [9.17, 15) is 26.9 Å². The van der Waals surface area contributed by atoms with Gasteiger partial charge in [-0.25, -0.2) is 4.57 Å². The minimum atomic E-state index is -6.00. The number of rotatable bonds is 0. The predicted octanol–water partition coefficient (Wildman–Crippen LogP) is 1.14. The van der Waals surface area contributed by atoms with Crippen LogP contribution in [0.15, 0.2) is 18.7 Å². The first-order chi connectivity index (χ1) is 7.59. The number of aryl methyl sites for hydroxylation is 1. The lowest BCUT2D eigenvalue weighted by molar-refractivity contribution is -0.670. The second-order valence-electron chi connectivity index (χ2n) is 2.84. The van der Waals surface area contributed by atoms with Crippen molar-refractivity contribution in [2.24, 2.45) is 7.05 Å². The number of aromatic nitrogens is 2. The number of nitrogens with zero attached hydrogens (tertiary/aromatic N) is 2. The summed E-state index contributed by atoms with van der Waals surface area (Å²) in [7, 11) is -4.24. The molecule has 17 heavy (non-hydrogen) atoms. The Kier molecular flexibility index (Phi) is 5.36. The Bertz CT molecular complexity index is 398. The van der Waals surface area contributed by atoms with Crippen LogP contribution in [-0.4, -0.2) is 23.9 Å². The number of carbonyl (C=O) groups excluding carboxylic acids is 2. The molecule has 0 saturated heterocycles. The van der Waals surface area contributed by atoms with Crippen LogP contribution in [-0.2, 0) is 16.6 Å². The molecule has 0 aliphatic rings. The quantitative estimate of drug-likeness (QED) is 0.230. The molecule has 0 aliphatic carbocycles. The van der Waals surface area contributed by atoms with Gasteiger partial charge in [0, 0.05) is 6.92 Å². The van der Waals surface area contributed by atoms with Gasteiger partial charge in [0.05, 0.1) is 7.05 Å². The summed E-state index contributed by atoms with van der Waals surface area (Å²) >= 11 is 0. The maximum Gasteiger partial charge on any atom is 0.673 e. The zero-order valence-corrected chi connectivity index (χ0v) is 8.94. The predicted molar refractivity (Wildman–Crippen MR) is 48.4 cm³/mol. The maximum absolute atomic E-state index is 11.0. The molecule has 96 valence electrons. The van der Waals surface area contributed by atoms with Gasteiger partial charge in [-0.05, 0) is 0 Å². The Morgan fingerprint density at radius 2 is 1.76 bits per heavy atom. The first kappa shape index (κ1) is 15.1. The third-order valence-electron chi connectivity index (χ3n) is 1.21. The molecular formula is C7H9BF4N2O3. The van der Waals surface area contributed by atoms with E-state index in [2.05, 4.69) is 4.74 Å². The molecule has 10 heteroatoms. The van der Waals surface area contributed by atoms with Crippen LogP contribution in [0.5, 0.6) is 0 Å². The first-order valence-corrected chi connectivity index (χ1v) is 4.23. The highest BCUT2D eigenvalue weighted by Crippen LogP contribution is 2.06. The molecule has 0 radical (unpaired) electrons. The van der Waals surface area contributed by atoms with Crippen molar-refractivity contribution < 1.29 is 36.2 Å². The maximum atomic E-state index is 11.0. The first-order valence-electron chi connectivity index (χ1n) is 4.23. The average Bonchev–Trinajstić information content (AvgIpc) is 2.47. The van der Waals surface area contributed by atoms with E-state index in [1.807, 2.05) is 0 Å². The number of carbonyl (C=O) groups is 2. The van der Waals surface area contributed by atoms with Crippen molar-refractivity contribution in [3.63, 3.8) is 0 Å². The van der Waals surface area contributed by atoms with Crippen molar-refractivity contribution in [3.05, 3.63) is 18.7 Å². The van der Waals surface area contributed by atoms with Gasteiger partial charge in [0.15, 0.2) is 0 Å². The van der Waals surface area contributed by atoms with Gasteiger partial charge < -0.3 is 22.0 Å². The van der Waals surface area contributed by atoms with Crippen LogP contribution in [0.3, 0.4) is 0 Å². The summed E-state index contributed by atoms with van der Waals surface area (Å²) in [6, 6.07) is 0. The number of imidazole rings is 1. The van der Waals surface area contributed by atoms with Gasteiger partial charge in [0.1, 0.15) is 12.4 Å². The molecule has 0 fully saturated rings. The molecule has 0 aromatic carbocycles. The zero-order valence-electron chi connectivity index (χ0n) is 8.94. The second-order valence-corrected chi connectivity index (χ2v) is 2.84. The van der Waals surface area contributed by atoms with E-state index in [4.69, 9.17) is 0 Å². The van der Waals surface area contributed by atoms with E-state index in [0.29, 0.717) is 0 Å². The molecule has 5 nitrogen and oxygen atoms in total. The molecular weight excluding hydrogens is 247 g/mol. The fourth-order valence-corrected chi connectivity index (χ4v) is 0.734. The Morgan fingerprint density at radius 3 is 2.06 bits per heavy atom. The molecule has 0 N–H and O–H groups in total. The Labute approximate surface area is 93.7 Å². The third-order valence-corrected chi connectivity index (χ3v) is 1.21. The number of halogens is 4. The Balaban J connectivity index is 0.000000437. The molecule has 0 unspecified atom stereocenters. The fraction of sp³-hybridized carbons (Fsp3) is 0.286. The van der Waals surface area contributed by atoms with Gasteiger partial charge in [0.25, 0.3) is 6.33 Å². The van der Waals surface area contributed by atoms with Crippen LogP contribution in [0.4, 0.5) is 22.1 Å². The standard InChI is InChI=1S/C7H9N2O3.BF4/c1-6(10)12-7(11)9-4-3-8(2)5-9;2-1(3,4)5/h3-5H,1-2H3;/q+1;-1. The molecule has 1 aromatic heterocycles. The molecule has 0 spiro atoms. The van der Waals surface area contributed by atoms with Gasteiger partial charge in [0.2, 0.25) is 0 Å². The summed E-state index contributed by atoms with van der Waals surface area (Å²) in [5, 5.41) is 0. The third kappa shape index (κ3) is 9.09. The van der Waals surface area contributed by atoms with Crippen molar-refractivity contribution in [2.75, 3.05) is 0 Å². The molecule has 0 atom stereocenters. The van der Waals surface area contributed by atoms with E-state index in [1.54, 1.807) is 17.8 Å². The lowest BCUT2D eigenvalue weighted by Crippen LogP contribution is -2.25. The normalized spacial score (nSPS) is 10.2. The molecule has 1 heterocycles. The van der Waals surface area contributed by atoms with Crippen LogP contribution >= 0.6 is 0 Å². The second kappa shape index (κ2) is 6.02. The molecule has 0 saturated carbocycles. The van der Waals surface area contributed by atoms with E-state index < -0.39 is 19.3 Å². The van der Waals surface area contributed by atoms with Gasteiger partial charge in [-0.2, -0.15) is 4.79 Å². The summed E-state index contributed by atoms with van der Waals surface area (Å²) in [4.78, 5) is 21.3. The molecule has 0 aliphatic heterocycles. The molecule has 1 rings (SSSR count). The Morgan fingerprint density at radius 1 is 1.29 bits per heavy atom. The molecule has 1 aromatic rings. The lowest BCUT2D eigenvalue weighted by Gasteiger charge is -1.94. The topological polar surface area (TPSA) is 52.2 Å². The highest BCUT2D eigenvalue weighted by Gasteiger charge is 2.20. The molecule has 0 amide bonds. The monoisotopic (exact) mass is 256 g/mol. The minimum Gasteiger partial charge on any atom is -0.418 e. The summed E-state index contributed by atoms with van der Waals surface area (Å²) in [6.45, 7) is 1.18. The van der Waals surface area contributed by atoms with Crippen LogP contribution in [0.2, 0.25) is 0 Å². The van der Waals surface area contributed by atoms with Crippen molar-refractivity contribution >= 4 is 19.3 Å². The number of hydrogen-bond acceptors (Lipinski definition) is 3. The van der Waals surface area contributed by atoms with Crippen molar-refractivity contribution in [3.8, 4) is 0 Å². The van der Waals surface area contributed by atoms with Crippen molar-refractivity contribution in [1.29, 1.82) is 0 Å². The lowest BCUT2D eigenvalue weighted by atomic mass is 10.3. The number of esters is 1. The van der Waals surface area contributed by atoms with Crippen LogP contribution in [0, 0.1) is 0 Å². The Hall–Kier alpha value is -1.87. The summed E-state index contributed by atoms with van der Waals surface area (Å²) < 4.78 is 46.2. The van der Waals surface area contributed by atoms with Crippen LogP contribution < -0.4 is 4.57 Å². The van der Waals surface area contributed by atoms with Gasteiger partial charge in [-0.15, -0.1) is 4.57 Å². The highest BCUT2D eigenvalue weighted by molar-refractivity contribution is 6.50. The molecule has 0 bridgehead atoms. The van der Waals surface area contributed by atoms with Gasteiger partial charge >= 0.3 is 19.3 Å². The number of hydrogen-bond donors (Lipinski definition) is 0. The smallest absolute Gasteiger partial charge is 0.418 e. The van der Waals surface area contributed by atoms with Crippen molar-refractivity contribution in [1.82, 2.24) is 4.57 Å². The summed E-state index contributed by atoms with van der Waals surface area (Å²) in [5.41, 5.74) is 0. The van der Waals surface area contributed by atoms with Crippen LogP contribution in [0.1, 0.15) is 6.92 Å². The fourth-order valence-electron chi connectivity index (χ4n) is 0.734. The van der Waals surface area contributed by atoms with Crippen LogP contribution in [0.25, 0.3) is 0 Å². The van der Waals surface area contributed by atoms with E-state index in [-0.39, 0.29) is 0 Å².